The van der Waals surface area contributed by atoms with E-state index in [1.165, 1.54) is 12.1 Å². The number of aliphatic hydroxyl groups is 1. The third kappa shape index (κ3) is 7.57. The molecule has 0 fully saturated rings. The second-order valence-corrected chi connectivity index (χ2v) is 9.52. The van der Waals surface area contributed by atoms with E-state index < -0.39 is 41.2 Å². The number of carbonyl (C=O) groups excluding carboxylic acids is 1. The first-order chi connectivity index (χ1) is 15.0. The van der Waals surface area contributed by atoms with E-state index in [0.29, 0.717) is 16.8 Å². The number of amides is 1. The summed E-state index contributed by atoms with van der Waals surface area (Å²) in [6, 6.07) is 8.17. The number of benzene rings is 1. The van der Waals surface area contributed by atoms with Crippen molar-refractivity contribution in [3.8, 4) is 11.1 Å². The molecule has 7 nitrogen and oxygen atoms in total. The molecule has 11 heteroatoms. The number of aromatic nitrogens is 1. The average molecular weight is 474 g/mol. The average Bonchev–Trinajstić information content (AvgIpc) is 2.75. The van der Waals surface area contributed by atoms with Gasteiger partial charge in [0.05, 0.1) is 24.0 Å². The fourth-order valence-corrected chi connectivity index (χ4v) is 4.30. The quantitative estimate of drug-likeness (QED) is 0.465. The summed E-state index contributed by atoms with van der Waals surface area (Å²) < 4.78 is 64.2. The summed E-state index contributed by atoms with van der Waals surface area (Å²) >= 11 is 0. The van der Waals surface area contributed by atoms with Crippen molar-refractivity contribution in [2.24, 2.45) is 5.92 Å². The number of nitrogens with zero attached hydrogens (tertiary/aromatic N) is 1. The summed E-state index contributed by atoms with van der Waals surface area (Å²) in [5.41, 5.74) is 2.21. The van der Waals surface area contributed by atoms with Crippen molar-refractivity contribution in [1.82, 2.24) is 15.0 Å². The molecule has 2 rings (SSSR count). The Labute approximate surface area is 185 Å². The highest BCUT2D eigenvalue weighted by molar-refractivity contribution is 7.89. The van der Waals surface area contributed by atoms with E-state index in [-0.39, 0.29) is 23.8 Å². The van der Waals surface area contributed by atoms with E-state index in [2.05, 4.69) is 9.71 Å². The van der Waals surface area contributed by atoms with Crippen molar-refractivity contribution in [3.63, 3.8) is 0 Å². The molecule has 0 aliphatic heterocycles. The highest BCUT2D eigenvalue weighted by atomic mass is 32.2. The zero-order chi connectivity index (χ0) is 23.9. The Hall–Kier alpha value is -2.50. The second kappa shape index (κ2) is 11.4. The second-order valence-electron chi connectivity index (χ2n) is 7.67. The number of hydrogen-bond acceptors (Lipinski definition) is 5. The van der Waals surface area contributed by atoms with Crippen molar-refractivity contribution >= 4 is 15.9 Å². The molecule has 0 bridgehead atoms. The lowest BCUT2D eigenvalue weighted by Crippen LogP contribution is -2.43. The van der Waals surface area contributed by atoms with Crippen molar-refractivity contribution in [2.45, 2.75) is 39.0 Å². The normalized spacial score (nSPS) is 13.9. The van der Waals surface area contributed by atoms with Crippen LogP contribution < -0.4 is 10.0 Å². The van der Waals surface area contributed by atoms with Crippen LogP contribution in [0.5, 0.6) is 0 Å². The Morgan fingerprint density at radius 3 is 2.22 bits per heavy atom. The number of sulfonamides is 1. The molecule has 0 aliphatic rings. The number of aliphatic hydroxyl groups excluding tert-OH is 1. The van der Waals surface area contributed by atoms with E-state index in [0.717, 1.165) is 0 Å². The fourth-order valence-electron chi connectivity index (χ4n) is 2.93. The molecule has 3 N–H and O–H groups in total. The molecular weight excluding hydrogens is 447 g/mol. The van der Waals surface area contributed by atoms with E-state index in [1.54, 1.807) is 35.8 Å². The van der Waals surface area contributed by atoms with E-state index in [4.69, 9.17) is 0 Å². The van der Waals surface area contributed by atoms with Gasteiger partial charge in [-0.15, -0.1) is 0 Å². The van der Waals surface area contributed by atoms with Gasteiger partial charge in [0.1, 0.15) is 12.8 Å². The van der Waals surface area contributed by atoms with Crippen molar-refractivity contribution in [3.05, 3.63) is 53.9 Å². The molecule has 1 aromatic carbocycles. The SMILES string of the molecule is CC(C)CS(=O)(=O)NCc1ccc(-c2ccc(C(O)C(CF)NC(=O)C(F)F)cc2)cn1. The molecule has 1 heterocycles. The van der Waals surface area contributed by atoms with Crippen LogP contribution in [0.25, 0.3) is 11.1 Å². The molecule has 2 atom stereocenters. The zero-order valence-electron chi connectivity index (χ0n) is 17.6. The molecule has 1 amide bonds. The Balaban J connectivity index is 2.04. The van der Waals surface area contributed by atoms with Crippen LogP contribution in [-0.4, -0.2) is 49.3 Å². The minimum atomic E-state index is -3.38. The minimum absolute atomic E-state index is 0.00471. The predicted molar refractivity (Wildman–Crippen MR) is 114 cm³/mol. The summed E-state index contributed by atoms with van der Waals surface area (Å²) in [6.07, 6.45) is -3.25. The maximum absolute atomic E-state index is 13.1. The Bertz CT molecular complexity index is 984. The predicted octanol–water partition coefficient (Wildman–Crippen LogP) is 2.58. The number of carbonyl (C=O) groups is 1. The molecule has 176 valence electrons. The van der Waals surface area contributed by atoms with Gasteiger partial charge in [-0.05, 0) is 23.1 Å². The van der Waals surface area contributed by atoms with Crippen LogP contribution in [-0.2, 0) is 21.4 Å². The smallest absolute Gasteiger partial charge is 0.315 e. The summed E-state index contributed by atoms with van der Waals surface area (Å²) in [5, 5.41) is 12.0. The Kier molecular flexibility index (Phi) is 9.17. The summed E-state index contributed by atoms with van der Waals surface area (Å²) in [5.74, 6) is -1.62. The lowest BCUT2D eigenvalue weighted by molar-refractivity contribution is -0.133. The van der Waals surface area contributed by atoms with Crippen LogP contribution >= 0.6 is 0 Å². The number of nitrogens with one attached hydrogen (secondary N) is 2. The fraction of sp³-hybridized carbons (Fsp3) is 0.429. The number of halogens is 3. The van der Waals surface area contributed by atoms with Gasteiger partial charge in [-0.25, -0.2) is 17.5 Å². The van der Waals surface area contributed by atoms with Gasteiger partial charge in [0, 0.05) is 11.8 Å². The lowest BCUT2D eigenvalue weighted by atomic mass is 9.99. The maximum Gasteiger partial charge on any atom is 0.315 e. The summed E-state index contributed by atoms with van der Waals surface area (Å²) in [6.45, 7) is 2.48. The van der Waals surface area contributed by atoms with Gasteiger partial charge in [-0.2, -0.15) is 8.78 Å². The molecule has 0 radical (unpaired) electrons. The van der Waals surface area contributed by atoms with Crippen LogP contribution in [0.1, 0.15) is 31.2 Å². The van der Waals surface area contributed by atoms with Gasteiger partial charge >= 0.3 is 6.43 Å². The van der Waals surface area contributed by atoms with Gasteiger partial charge in [0.2, 0.25) is 10.0 Å². The van der Waals surface area contributed by atoms with Crippen molar-refractivity contribution in [2.75, 3.05) is 12.4 Å². The third-order valence-electron chi connectivity index (χ3n) is 4.51. The van der Waals surface area contributed by atoms with Crippen LogP contribution in [0.2, 0.25) is 0 Å². The summed E-state index contributed by atoms with van der Waals surface area (Å²) in [4.78, 5) is 15.3. The molecule has 32 heavy (non-hydrogen) atoms. The summed E-state index contributed by atoms with van der Waals surface area (Å²) in [7, 11) is -3.38. The topological polar surface area (TPSA) is 108 Å². The third-order valence-corrected chi connectivity index (χ3v) is 6.20. The molecule has 0 saturated carbocycles. The minimum Gasteiger partial charge on any atom is -0.386 e. The van der Waals surface area contributed by atoms with E-state index in [9.17, 15) is 31.5 Å². The largest absolute Gasteiger partial charge is 0.386 e. The van der Waals surface area contributed by atoms with Crippen molar-refractivity contribution in [1.29, 1.82) is 0 Å². The molecule has 2 aromatic rings. The lowest BCUT2D eigenvalue weighted by Gasteiger charge is -2.22. The van der Waals surface area contributed by atoms with Gasteiger partial charge < -0.3 is 10.4 Å². The molecule has 0 aliphatic carbocycles. The first-order valence-electron chi connectivity index (χ1n) is 9.87. The van der Waals surface area contributed by atoms with Crippen LogP contribution in [0.3, 0.4) is 0 Å². The molecule has 2 unspecified atom stereocenters. The Morgan fingerprint density at radius 2 is 1.72 bits per heavy atom. The molecule has 0 spiro atoms. The van der Waals surface area contributed by atoms with Gasteiger partial charge in [-0.3, -0.25) is 9.78 Å². The number of alkyl halides is 3. The van der Waals surface area contributed by atoms with Crippen molar-refractivity contribution < 1.29 is 31.5 Å². The first kappa shape index (κ1) is 25.8. The highest BCUT2D eigenvalue weighted by Gasteiger charge is 2.26. The standard InChI is InChI=1S/C21H26F3N3O4S/c1-13(2)12-32(30,31)26-11-17-8-7-16(10-25-17)14-3-5-15(6-4-14)19(28)18(9-22)27-21(29)20(23)24/h3-8,10,13,18-20,26,28H,9,11-12H2,1-2H3,(H,27,29). The highest BCUT2D eigenvalue weighted by Crippen LogP contribution is 2.24. The van der Waals surface area contributed by atoms with Gasteiger partial charge in [0.25, 0.3) is 5.91 Å². The number of rotatable bonds is 11. The maximum atomic E-state index is 13.1. The van der Waals surface area contributed by atoms with Gasteiger partial charge in [-0.1, -0.05) is 44.2 Å². The van der Waals surface area contributed by atoms with Crippen LogP contribution in [0, 0.1) is 5.92 Å². The first-order valence-corrected chi connectivity index (χ1v) is 11.5. The number of hydrogen-bond donors (Lipinski definition) is 3. The van der Waals surface area contributed by atoms with Gasteiger partial charge in [0.15, 0.2) is 0 Å². The van der Waals surface area contributed by atoms with E-state index in [1.807, 2.05) is 13.8 Å². The molecular formula is C21H26F3N3O4S. The Morgan fingerprint density at radius 1 is 1.09 bits per heavy atom. The zero-order valence-corrected chi connectivity index (χ0v) is 18.4. The van der Waals surface area contributed by atoms with Crippen LogP contribution in [0.4, 0.5) is 13.2 Å². The molecule has 0 saturated heterocycles. The number of pyridine rings is 1. The monoisotopic (exact) mass is 473 g/mol. The van der Waals surface area contributed by atoms with Crippen LogP contribution in [0.15, 0.2) is 42.6 Å². The van der Waals surface area contributed by atoms with E-state index >= 15 is 0 Å². The molecule has 1 aromatic heterocycles.